The van der Waals surface area contributed by atoms with E-state index >= 15 is 0 Å². The SMILES string of the molecule is Cc1ccc(S(=O)(=O)N(CC(=O)N(Cc2cccc(Cl)c2)[C@@H](C)C(=O)NC(C)C)c2ccccc2C)cc1. The number of anilines is 1. The van der Waals surface area contributed by atoms with Crippen molar-refractivity contribution in [2.45, 2.75) is 58.1 Å². The summed E-state index contributed by atoms with van der Waals surface area (Å²) in [6.07, 6.45) is 0. The van der Waals surface area contributed by atoms with Crippen LogP contribution in [0.5, 0.6) is 0 Å². The fourth-order valence-electron chi connectivity index (χ4n) is 4.01. The van der Waals surface area contributed by atoms with Gasteiger partial charge in [0.05, 0.1) is 10.6 Å². The maximum absolute atomic E-state index is 13.9. The van der Waals surface area contributed by atoms with Crippen LogP contribution in [0.3, 0.4) is 0 Å². The molecule has 2 amide bonds. The smallest absolute Gasteiger partial charge is 0.264 e. The molecule has 0 radical (unpaired) electrons. The van der Waals surface area contributed by atoms with Crippen molar-refractivity contribution in [2.24, 2.45) is 0 Å². The van der Waals surface area contributed by atoms with Gasteiger partial charge < -0.3 is 10.2 Å². The molecule has 0 aliphatic carbocycles. The van der Waals surface area contributed by atoms with Crippen molar-refractivity contribution in [3.8, 4) is 0 Å². The molecule has 0 saturated heterocycles. The number of carbonyl (C=O) groups is 2. The molecule has 7 nitrogen and oxygen atoms in total. The van der Waals surface area contributed by atoms with E-state index in [2.05, 4.69) is 5.32 Å². The third kappa shape index (κ3) is 7.14. The lowest BCUT2D eigenvalue weighted by atomic mass is 10.1. The van der Waals surface area contributed by atoms with E-state index in [1.807, 2.05) is 20.8 Å². The number of nitrogens with zero attached hydrogens (tertiary/aromatic N) is 2. The Morgan fingerprint density at radius 2 is 1.58 bits per heavy atom. The van der Waals surface area contributed by atoms with Gasteiger partial charge >= 0.3 is 0 Å². The Balaban J connectivity index is 2.05. The van der Waals surface area contributed by atoms with Crippen LogP contribution in [0.15, 0.2) is 77.7 Å². The van der Waals surface area contributed by atoms with Crippen molar-refractivity contribution in [1.29, 1.82) is 0 Å². The number of carbonyl (C=O) groups excluding carboxylic acids is 2. The highest BCUT2D eigenvalue weighted by atomic mass is 35.5. The van der Waals surface area contributed by atoms with Gasteiger partial charge in [0.25, 0.3) is 10.0 Å². The Morgan fingerprint density at radius 3 is 2.18 bits per heavy atom. The van der Waals surface area contributed by atoms with Gasteiger partial charge in [-0.2, -0.15) is 0 Å². The molecule has 0 saturated carbocycles. The third-order valence-corrected chi connectivity index (χ3v) is 8.12. The molecule has 0 fully saturated rings. The lowest BCUT2D eigenvalue weighted by molar-refractivity contribution is -0.139. The molecule has 1 N–H and O–H groups in total. The lowest BCUT2D eigenvalue weighted by Gasteiger charge is -2.32. The summed E-state index contributed by atoms with van der Waals surface area (Å²) < 4.78 is 28.8. The van der Waals surface area contributed by atoms with Crippen LogP contribution < -0.4 is 9.62 Å². The molecule has 0 unspecified atom stereocenters. The van der Waals surface area contributed by atoms with E-state index in [0.29, 0.717) is 16.3 Å². The zero-order chi connectivity index (χ0) is 28.0. The molecule has 9 heteroatoms. The molecule has 0 aliphatic rings. The summed E-state index contributed by atoms with van der Waals surface area (Å²) in [6, 6.07) is 19.5. The number of aryl methyl sites for hydroxylation is 2. The van der Waals surface area contributed by atoms with E-state index in [4.69, 9.17) is 11.6 Å². The van der Waals surface area contributed by atoms with Gasteiger partial charge in [0.2, 0.25) is 11.8 Å². The van der Waals surface area contributed by atoms with Crippen molar-refractivity contribution < 1.29 is 18.0 Å². The van der Waals surface area contributed by atoms with Gasteiger partial charge in [-0.3, -0.25) is 13.9 Å². The number of hydrogen-bond donors (Lipinski definition) is 1. The summed E-state index contributed by atoms with van der Waals surface area (Å²) in [4.78, 5) is 28.3. The maximum Gasteiger partial charge on any atom is 0.264 e. The Morgan fingerprint density at radius 1 is 0.921 bits per heavy atom. The molecule has 202 valence electrons. The van der Waals surface area contributed by atoms with Crippen LogP contribution in [0.25, 0.3) is 0 Å². The first kappa shape index (κ1) is 29.2. The number of hydrogen-bond acceptors (Lipinski definition) is 4. The summed E-state index contributed by atoms with van der Waals surface area (Å²) in [7, 11) is -4.10. The molecule has 1 atom stereocenters. The number of benzene rings is 3. The van der Waals surface area contributed by atoms with Crippen LogP contribution in [0, 0.1) is 13.8 Å². The van der Waals surface area contributed by atoms with Gasteiger partial charge in [0.1, 0.15) is 12.6 Å². The second-order valence-electron chi connectivity index (χ2n) is 9.60. The molecular formula is C29H34ClN3O4S. The van der Waals surface area contributed by atoms with Crippen LogP contribution >= 0.6 is 11.6 Å². The third-order valence-electron chi connectivity index (χ3n) is 6.11. The number of halogens is 1. The minimum Gasteiger partial charge on any atom is -0.352 e. The largest absolute Gasteiger partial charge is 0.352 e. The van der Waals surface area contributed by atoms with Gasteiger partial charge in [-0.15, -0.1) is 0 Å². The van der Waals surface area contributed by atoms with Crippen LogP contribution in [-0.2, 0) is 26.2 Å². The Hall–Kier alpha value is -3.36. The standard InChI is InChI=1S/C29H34ClN3O4S/c1-20(2)31-29(35)23(5)32(18-24-10-8-11-25(30)17-24)28(34)19-33(27-12-7-6-9-22(27)4)38(36,37)26-15-13-21(3)14-16-26/h6-17,20,23H,18-19H2,1-5H3,(H,31,35)/t23-/m0/s1. The normalized spacial score (nSPS) is 12.2. The molecule has 0 aliphatic heterocycles. The monoisotopic (exact) mass is 555 g/mol. The summed E-state index contributed by atoms with van der Waals surface area (Å²) in [5.74, 6) is -0.852. The van der Waals surface area contributed by atoms with Crippen molar-refractivity contribution in [1.82, 2.24) is 10.2 Å². The molecule has 3 rings (SSSR count). The van der Waals surface area contributed by atoms with Gasteiger partial charge in [0.15, 0.2) is 0 Å². The van der Waals surface area contributed by atoms with E-state index in [9.17, 15) is 18.0 Å². The quantitative estimate of drug-likeness (QED) is 0.377. The number of rotatable bonds is 10. The first-order valence-electron chi connectivity index (χ1n) is 12.4. The predicted octanol–water partition coefficient (Wildman–Crippen LogP) is 5.09. The predicted molar refractivity (Wildman–Crippen MR) is 152 cm³/mol. The second-order valence-corrected chi connectivity index (χ2v) is 11.9. The van der Waals surface area contributed by atoms with Crippen molar-refractivity contribution >= 4 is 39.1 Å². The van der Waals surface area contributed by atoms with E-state index < -0.39 is 28.5 Å². The average Bonchev–Trinajstić information content (AvgIpc) is 2.85. The Bertz CT molecular complexity index is 1390. The molecule has 3 aromatic rings. The number of nitrogens with one attached hydrogen (secondary N) is 1. The first-order chi connectivity index (χ1) is 17.9. The molecule has 3 aromatic carbocycles. The van der Waals surface area contributed by atoms with Crippen LogP contribution in [0.1, 0.15) is 37.5 Å². The Kier molecular flexibility index (Phi) is 9.57. The van der Waals surface area contributed by atoms with E-state index in [1.54, 1.807) is 74.5 Å². The van der Waals surface area contributed by atoms with E-state index in [1.165, 1.54) is 17.0 Å². The topological polar surface area (TPSA) is 86.8 Å². The summed E-state index contributed by atoms with van der Waals surface area (Å²) in [5, 5.41) is 3.34. The average molecular weight is 556 g/mol. The van der Waals surface area contributed by atoms with Crippen molar-refractivity contribution in [3.63, 3.8) is 0 Å². The highest BCUT2D eigenvalue weighted by molar-refractivity contribution is 7.92. The maximum atomic E-state index is 13.9. The molecular weight excluding hydrogens is 522 g/mol. The fraction of sp³-hybridized carbons (Fsp3) is 0.310. The molecule has 0 aromatic heterocycles. The van der Waals surface area contributed by atoms with Gasteiger partial charge in [-0.05, 0) is 76.1 Å². The molecule has 0 bridgehead atoms. The second kappa shape index (κ2) is 12.5. The minimum atomic E-state index is -4.10. The summed E-state index contributed by atoms with van der Waals surface area (Å²) in [5.41, 5.74) is 2.73. The highest BCUT2D eigenvalue weighted by Crippen LogP contribution is 2.27. The molecule has 0 heterocycles. The fourth-order valence-corrected chi connectivity index (χ4v) is 5.71. The van der Waals surface area contributed by atoms with E-state index in [0.717, 1.165) is 15.4 Å². The van der Waals surface area contributed by atoms with Crippen LogP contribution in [-0.4, -0.2) is 43.8 Å². The number of amides is 2. The van der Waals surface area contributed by atoms with Gasteiger partial charge in [0, 0.05) is 17.6 Å². The van der Waals surface area contributed by atoms with Crippen molar-refractivity contribution in [2.75, 3.05) is 10.8 Å². The van der Waals surface area contributed by atoms with E-state index in [-0.39, 0.29) is 23.4 Å². The van der Waals surface area contributed by atoms with Gasteiger partial charge in [-0.1, -0.05) is 59.6 Å². The lowest BCUT2D eigenvalue weighted by Crippen LogP contribution is -2.52. The van der Waals surface area contributed by atoms with Gasteiger partial charge in [-0.25, -0.2) is 8.42 Å². The van der Waals surface area contributed by atoms with Crippen LogP contribution in [0.2, 0.25) is 5.02 Å². The zero-order valence-electron chi connectivity index (χ0n) is 22.3. The number of para-hydroxylation sites is 1. The highest BCUT2D eigenvalue weighted by Gasteiger charge is 2.33. The molecule has 0 spiro atoms. The number of sulfonamides is 1. The Labute approximate surface area is 230 Å². The zero-order valence-corrected chi connectivity index (χ0v) is 23.9. The first-order valence-corrected chi connectivity index (χ1v) is 14.2. The minimum absolute atomic E-state index is 0.0751. The van der Waals surface area contributed by atoms with Crippen molar-refractivity contribution in [3.05, 3.63) is 94.5 Å². The summed E-state index contributed by atoms with van der Waals surface area (Å²) in [6.45, 7) is 8.56. The van der Waals surface area contributed by atoms with Crippen LogP contribution in [0.4, 0.5) is 5.69 Å². The summed E-state index contributed by atoms with van der Waals surface area (Å²) >= 11 is 6.17. The molecule has 38 heavy (non-hydrogen) atoms.